The van der Waals surface area contributed by atoms with Gasteiger partial charge in [0.1, 0.15) is 17.6 Å². The number of ether oxygens (including phenoxy) is 2. The maximum atomic E-state index is 13.4. The summed E-state index contributed by atoms with van der Waals surface area (Å²) in [5.41, 5.74) is 1.65. The van der Waals surface area contributed by atoms with Crippen LogP contribution in [-0.4, -0.2) is 42.0 Å². The van der Waals surface area contributed by atoms with Crippen LogP contribution >= 0.6 is 15.9 Å². The Morgan fingerprint density at radius 1 is 1.03 bits per heavy atom. The molecule has 2 heterocycles. The maximum Gasteiger partial charge on any atom is 0.355 e. The van der Waals surface area contributed by atoms with Gasteiger partial charge in [-0.15, -0.1) is 0 Å². The molecule has 2 unspecified atom stereocenters. The molecular formula is C28H26BrN3O5. The van der Waals surface area contributed by atoms with Crippen LogP contribution in [0.2, 0.25) is 0 Å². The number of nitrogens with zero attached hydrogens (tertiary/aromatic N) is 2. The zero-order chi connectivity index (χ0) is 26.5. The second-order valence-corrected chi connectivity index (χ2v) is 9.38. The molecule has 37 heavy (non-hydrogen) atoms. The molecule has 0 bridgehead atoms. The number of hydrogen-bond acceptors (Lipinski definition) is 7. The van der Waals surface area contributed by atoms with Gasteiger partial charge in [0.05, 0.1) is 36.3 Å². The molecule has 0 aliphatic carbocycles. The first-order chi connectivity index (χ1) is 17.9. The number of rotatable bonds is 8. The summed E-state index contributed by atoms with van der Waals surface area (Å²) in [5, 5.41) is 13.1. The van der Waals surface area contributed by atoms with Crippen molar-refractivity contribution in [3.63, 3.8) is 0 Å². The lowest BCUT2D eigenvalue weighted by Gasteiger charge is -2.35. The van der Waals surface area contributed by atoms with Crippen molar-refractivity contribution >= 4 is 33.8 Å². The summed E-state index contributed by atoms with van der Waals surface area (Å²) in [6.07, 6.45) is 0.894. The number of fused-ring (bicyclic) bond motifs is 1. The van der Waals surface area contributed by atoms with E-state index in [9.17, 15) is 19.6 Å². The lowest BCUT2D eigenvalue weighted by molar-refractivity contribution is -0.143. The van der Waals surface area contributed by atoms with Gasteiger partial charge >= 0.3 is 11.9 Å². The van der Waals surface area contributed by atoms with Crippen LogP contribution in [-0.2, 0) is 30.3 Å². The summed E-state index contributed by atoms with van der Waals surface area (Å²) >= 11 is 3.40. The average molecular weight is 564 g/mol. The second kappa shape index (κ2) is 11.4. The zero-order valence-electron chi connectivity index (χ0n) is 20.5. The Morgan fingerprint density at radius 2 is 1.68 bits per heavy atom. The number of carbonyl (C=O) groups excluding carboxylic acids is 3. The van der Waals surface area contributed by atoms with Crippen LogP contribution in [0.25, 0.3) is 0 Å². The molecule has 1 saturated heterocycles. The molecule has 2 aromatic carbocycles. The van der Waals surface area contributed by atoms with Gasteiger partial charge in [0.2, 0.25) is 5.91 Å². The van der Waals surface area contributed by atoms with E-state index in [1.54, 1.807) is 38.1 Å². The first-order valence-corrected chi connectivity index (χ1v) is 12.8. The molecule has 190 valence electrons. The molecular weight excluding hydrogens is 538 g/mol. The Balaban J connectivity index is 1.91. The number of nitriles is 1. The molecule has 9 heteroatoms. The van der Waals surface area contributed by atoms with Crippen LogP contribution in [0.1, 0.15) is 37.3 Å². The van der Waals surface area contributed by atoms with Gasteiger partial charge in [0.25, 0.3) is 0 Å². The van der Waals surface area contributed by atoms with Crippen molar-refractivity contribution in [1.29, 1.82) is 5.26 Å². The molecule has 1 fully saturated rings. The highest BCUT2D eigenvalue weighted by molar-refractivity contribution is 9.10. The summed E-state index contributed by atoms with van der Waals surface area (Å²) in [7, 11) is 0. The third-order valence-corrected chi connectivity index (χ3v) is 6.79. The van der Waals surface area contributed by atoms with Gasteiger partial charge in [0, 0.05) is 4.47 Å². The SMILES string of the molecule is CCOC(=O)C1=C(C(=O)OCC)N2C(=C(C#N)C1c1ccc(Br)cc1)NC(=O)C2CCc1ccccc1. The van der Waals surface area contributed by atoms with Crippen molar-refractivity contribution in [3.8, 4) is 6.07 Å². The van der Waals surface area contributed by atoms with Crippen molar-refractivity contribution < 1.29 is 23.9 Å². The smallest absolute Gasteiger partial charge is 0.355 e. The van der Waals surface area contributed by atoms with Crippen LogP contribution in [0.4, 0.5) is 0 Å². The summed E-state index contributed by atoms with van der Waals surface area (Å²) in [5.74, 6) is -2.61. The number of amides is 1. The first-order valence-electron chi connectivity index (χ1n) is 12.0. The molecule has 0 radical (unpaired) electrons. The van der Waals surface area contributed by atoms with E-state index >= 15 is 0 Å². The van der Waals surface area contributed by atoms with Crippen LogP contribution in [0.15, 0.2) is 81.7 Å². The zero-order valence-corrected chi connectivity index (χ0v) is 22.1. The third-order valence-electron chi connectivity index (χ3n) is 6.26. The van der Waals surface area contributed by atoms with E-state index in [4.69, 9.17) is 9.47 Å². The fraction of sp³-hybridized carbons (Fsp3) is 0.286. The first kappa shape index (κ1) is 26.2. The largest absolute Gasteiger partial charge is 0.463 e. The molecule has 1 amide bonds. The monoisotopic (exact) mass is 563 g/mol. The number of carbonyl (C=O) groups is 3. The summed E-state index contributed by atoms with van der Waals surface area (Å²) in [6, 6.07) is 18.1. The molecule has 8 nitrogen and oxygen atoms in total. The predicted molar refractivity (Wildman–Crippen MR) is 138 cm³/mol. The van der Waals surface area contributed by atoms with E-state index in [0.29, 0.717) is 18.4 Å². The van der Waals surface area contributed by atoms with Gasteiger partial charge in [0.15, 0.2) is 0 Å². The number of esters is 2. The Hall–Kier alpha value is -3.90. The normalized spacial score (nSPS) is 18.8. The van der Waals surface area contributed by atoms with Gasteiger partial charge in [-0.2, -0.15) is 5.26 Å². The van der Waals surface area contributed by atoms with Crippen molar-refractivity contribution in [2.24, 2.45) is 0 Å². The fourth-order valence-electron chi connectivity index (χ4n) is 4.69. The van der Waals surface area contributed by atoms with Crippen molar-refractivity contribution in [2.45, 2.75) is 38.6 Å². The van der Waals surface area contributed by atoms with E-state index in [1.165, 1.54) is 4.90 Å². The van der Waals surface area contributed by atoms with Gasteiger partial charge in [-0.25, -0.2) is 9.59 Å². The van der Waals surface area contributed by atoms with E-state index in [2.05, 4.69) is 27.3 Å². The van der Waals surface area contributed by atoms with E-state index in [0.717, 1.165) is 10.0 Å². The number of benzene rings is 2. The van der Waals surface area contributed by atoms with Crippen molar-refractivity contribution in [3.05, 3.63) is 92.9 Å². The Bertz CT molecular complexity index is 1310. The van der Waals surface area contributed by atoms with Gasteiger partial charge in [-0.05, 0) is 49.9 Å². The number of aryl methyl sites for hydroxylation is 1. The highest BCUT2D eigenvalue weighted by Gasteiger charge is 2.50. The number of halogens is 1. The maximum absolute atomic E-state index is 13.4. The fourth-order valence-corrected chi connectivity index (χ4v) is 4.96. The minimum atomic E-state index is -0.934. The second-order valence-electron chi connectivity index (χ2n) is 8.46. The quantitative estimate of drug-likeness (QED) is 0.481. The highest BCUT2D eigenvalue weighted by atomic mass is 79.9. The molecule has 4 rings (SSSR count). The lowest BCUT2D eigenvalue weighted by atomic mass is 9.81. The highest BCUT2D eigenvalue weighted by Crippen LogP contribution is 2.45. The average Bonchev–Trinajstić information content (AvgIpc) is 3.22. The van der Waals surface area contributed by atoms with E-state index < -0.39 is 23.9 Å². The van der Waals surface area contributed by atoms with E-state index in [1.807, 2.05) is 30.3 Å². The van der Waals surface area contributed by atoms with Gasteiger partial charge in [-0.3, -0.25) is 4.79 Å². The summed E-state index contributed by atoms with van der Waals surface area (Å²) < 4.78 is 11.5. The number of hydrogen-bond donors (Lipinski definition) is 1. The molecule has 2 aliphatic rings. The van der Waals surface area contributed by atoms with Crippen LogP contribution < -0.4 is 5.32 Å². The Kier molecular flexibility index (Phi) is 8.09. The lowest BCUT2D eigenvalue weighted by Crippen LogP contribution is -2.41. The van der Waals surface area contributed by atoms with Gasteiger partial charge < -0.3 is 19.7 Å². The molecule has 2 aromatic rings. The Morgan fingerprint density at radius 3 is 2.30 bits per heavy atom. The predicted octanol–water partition coefficient (Wildman–Crippen LogP) is 4.09. The Labute approximate surface area is 223 Å². The van der Waals surface area contributed by atoms with Crippen molar-refractivity contribution in [1.82, 2.24) is 10.2 Å². The molecule has 2 aliphatic heterocycles. The number of allylic oxidation sites excluding steroid dienone is 1. The standard InChI is InChI=1S/C28H26BrN3O5/c1-3-36-27(34)23-22(18-11-13-19(29)14-12-18)20(16-30)25-31-26(33)21(15-10-17-8-6-5-7-9-17)32(25)24(23)28(35)37-4-2/h5-9,11-14,21-22H,3-4,10,15H2,1-2H3,(H,31,33). The third kappa shape index (κ3) is 5.16. The molecule has 0 aromatic heterocycles. The number of nitrogens with one attached hydrogen (secondary N) is 1. The van der Waals surface area contributed by atoms with Crippen molar-refractivity contribution in [2.75, 3.05) is 13.2 Å². The van der Waals surface area contributed by atoms with Crippen LogP contribution in [0.5, 0.6) is 0 Å². The topological polar surface area (TPSA) is 109 Å². The van der Waals surface area contributed by atoms with E-state index in [-0.39, 0.29) is 41.8 Å². The summed E-state index contributed by atoms with van der Waals surface area (Å²) in [4.78, 5) is 41.6. The molecule has 0 saturated carbocycles. The minimum absolute atomic E-state index is 0.0240. The minimum Gasteiger partial charge on any atom is -0.463 e. The van der Waals surface area contributed by atoms with Gasteiger partial charge in [-0.1, -0.05) is 58.4 Å². The molecule has 0 spiro atoms. The van der Waals surface area contributed by atoms with Crippen LogP contribution in [0.3, 0.4) is 0 Å². The molecule has 2 atom stereocenters. The van der Waals surface area contributed by atoms with Crippen LogP contribution in [0, 0.1) is 11.3 Å². The molecule has 1 N–H and O–H groups in total. The summed E-state index contributed by atoms with van der Waals surface area (Å²) in [6.45, 7) is 3.46.